The highest BCUT2D eigenvalue weighted by Crippen LogP contribution is 2.23. The van der Waals surface area contributed by atoms with E-state index in [9.17, 15) is 19.5 Å². The number of benzene rings is 1. The molecule has 28 heavy (non-hydrogen) atoms. The monoisotopic (exact) mass is 406 g/mol. The van der Waals surface area contributed by atoms with Gasteiger partial charge in [-0.1, -0.05) is 44.2 Å². The Bertz CT molecular complexity index is 680. The molecule has 0 radical (unpaired) electrons. The molecule has 1 fully saturated rings. The SMILES string of the molecule is CC(C)C[C@H]1CCC[C@H](NC(=O)[C@@H](S)Cc2ccccc2)C(=O)N1CC(=O)O. The van der Waals surface area contributed by atoms with Gasteiger partial charge in [0.1, 0.15) is 12.6 Å². The fraction of sp³-hybridized carbons (Fsp3) is 0.571. The predicted octanol–water partition coefficient (Wildman–Crippen LogP) is 2.52. The van der Waals surface area contributed by atoms with E-state index in [1.54, 1.807) is 0 Å². The summed E-state index contributed by atoms with van der Waals surface area (Å²) in [5, 5.41) is 11.5. The Labute approximate surface area is 172 Å². The van der Waals surface area contributed by atoms with Crippen molar-refractivity contribution in [2.45, 2.75) is 63.3 Å². The number of carboxylic acids is 1. The zero-order valence-corrected chi connectivity index (χ0v) is 17.4. The van der Waals surface area contributed by atoms with Crippen molar-refractivity contribution in [3.05, 3.63) is 35.9 Å². The molecule has 1 saturated heterocycles. The van der Waals surface area contributed by atoms with Gasteiger partial charge in [-0.2, -0.15) is 12.6 Å². The first-order valence-electron chi connectivity index (χ1n) is 9.82. The van der Waals surface area contributed by atoms with E-state index in [4.69, 9.17) is 0 Å². The number of aliphatic carboxylic acids is 1. The molecular formula is C21H30N2O4S. The maximum atomic E-state index is 13.0. The summed E-state index contributed by atoms with van der Waals surface area (Å²) in [7, 11) is 0. The van der Waals surface area contributed by atoms with Gasteiger partial charge in [0.25, 0.3) is 0 Å². The average Bonchev–Trinajstić information content (AvgIpc) is 2.76. The molecule has 3 atom stereocenters. The largest absolute Gasteiger partial charge is 0.480 e. The minimum absolute atomic E-state index is 0.110. The molecule has 1 heterocycles. The highest BCUT2D eigenvalue weighted by atomic mass is 32.1. The number of hydrogen-bond acceptors (Lipinski definition) is 4. The van der Waals surface area contributed by atoms with Gasteiger partial charge >= 0.3 is 5.97 Å². The van der Waals surface area contributed by atoms with Crippen molar-refractivity contribution in [1.29, 1.82) is 0 Å². The molecule has 0 aromatic heterocycles. The Morgan fingerprint density at radius 2 is 1.93 bits per heavy atom. The van der Waals surface area contributed by atoms with Crippen LogP contribution in [0.4, 0.5) is 0 Å². The van der Waals surface area contributed by atoms with E-state index in [-0.39, 0.29) is 24.4 Å². The molecule has 0 spiro atoms. The lowest BCUT2D eigenvalue weighted by atomic mass is 9.99. The van der Waals surface area contributed by atoms with E-state index in [0.29, 0.717) is 18.8 Å². The average molecular weight is 407 g/mol. The third-order valence-electron chi connectivity index (χ3n) is 4.99. The lowest BCUT2D eigenvalue weighted by molar-refractivity contribution is -0.147. The van der Waals surface area contributed by atoms with Crippen molar-refractivity contribution in [1.82, 2.24) is 10.2 Å². The normalized spacial score (nSPS) is 21.3. The molecular weight excluding hydrogens is 376 g/mol. The van der Waals surface area contributed by atoms with E-state index in [2.05, 4.69) is 31.8 Å². The van der Waals surface area contributed by atoms with Crippen LogP contribution in [0, 0.1) is 5.92 Å². The van der Waals surface area contributed by atoms with E-state index < -0.39 is 17.3 Å². The molecule has 154 valence electrons. The smallest absolute Gasteiger partial charge is 0.323 e. The summed E-state index contributed by atoms with van der Waals surface area (Å²) < 4.78 is 0. The van der Waals surface area contributed by atoms with Crippen molar-refractivity contribution in [2.24, 2.45) is 5.92 Å². The minimum atomic E-state index is -1.04. The van der Waals surface area contributed by atoms with E-state index in [0.717, 1.165) is 24.8 Å². The van der Waals surface area contributed by atoms with Gasteiger partial charge in [0.15, 0.2) is 0 Å². The van der Waals surface area contributed by atoms with Crippen molar-refractivity contribution >= 4 is 30.4 Å². The van der Waals surface area contributed by atoms with E-state index in [1.165, 1.54) is 4.90 Å². The highest BCUT2D eigenvalue weighted by Gasteiger charge is 2.35. The first-order chi connectivity index (χ1) is 13.3. The summed E-state index contributed by atoms with van der Waals surface area (Å²) in [6, 6.07) is 8.77. The van der Waals surface area contributed by atoms with Crippen LogP contribution in [0.15, 0.2) is 30.3 Å². The topological polar surface area (TPSA) is 86.7 Å². The Morgan fingerprint density at radius 1 is 1.25 bits per heavy atom. The summed E-state index contributed by atoms with van der Waals surface area (Å²) in [6.07, 6.45) is 3.24. The number of nitrogens with zero attached hydrogens (tertiary/aromatic N) is 1. The van der Waals surface area contributed by atoms with Crippen molar-refractivity contribution in [2.75, 3.05) is 6.54 Å². The molecule has 0 aliphatic carbocycles. The molecule has 1 aromatic rings. The van der Waals surface area contributed by atoms with Crippen LogP contribution in [-0.2, 0) is 20.8 Å². The quantitative estimate of drug-likeness (QED) is 0.579. The second-order valence-electron chi connectivity index (χ2n) is 7.84. The number of thiol groups is 1. The van der Waals surface area contributed by atoms with Gasteiger partial charge in [-0.3, -0.25) is 14.4 Å². The molecule has 2 N–H and O–H groups in total. The number of carbonyl (C=O) groups is 3. The molecule has 1 aliphatic heterocycles. The Kier molecular flexibility index (Phi) is 8.35. The van der Waals surface area contributed by atoms with Crippen molar-refractivity contribution in [3.63, 3.8) is 0 Å². The van der Waals surface area contributed by atoms with Gasteiger partial charge in [-0.05, 0) is 43.6 Å². The molecule has 2 rings (SSSR count). The Balaban J connectivity index is 2.06. The predicted molar refractivity (Wildman–Crippen MR) is 111 cm³/mol. The van der Waals surface area contributed by atoms with Crippen LogP contribution in [0.25, 0.3) is 0 Å². The van der Waals surface area contributed by atoms with Crippen LogP contribution in [-0.4, -0.2) is 51.7 Å². The molecule has 0 saturated carbocycles. The van der Waals surface area contributed by atoms with E-state index in [1.807, 2.05) is 30.3 Å². The second-order valence-corrected chi connectivity index (χ2v) is 8.46. The molecule has 7 heteroatoms. The summed E-state index contributed by atoms with van der Waals surface area (Å²) in [5.41, 5.74) is 0.995. The lowest BCUT2D eigenvalue weighted by Crippen LogP contribution is -2.53. The Morgan fingerprint density at radius 3 is 2.54 bits per heavy atom. The summed E-state index contributed by atoms with van der Waals surface area (Å²) in [6.45, 7) is 3.78. The number of nitrogens with one attached hydrogen (secondary N) is 1. The maximum absolute atomic E-state index is 13.0. The zero-order chi connectivity index (χ0) is 20.7. The van der Waals surface area contributed by atoms with Gasteiger partial charge < -0.3 is 15.3 Å². The third kappa shape index (κ3) is 6.55. The zero-order valence-electron chi connectivity index (χ0n) is 16.5. The van der Waals surface area contributed by atoms with Gasteiger partial charge in [0.05, 0.1) is 5.25 Å². The van der Waals surface area contributed by atoms with Gasteiger partial charge in [0, 0.05) is 6.04 Å². The first-order valence-corrected chi connectivity index (χ1v) is 10.3. The highest BCUT2D eigenvalue weighted by molar-refractivity contribution is 7.81. The molecule has 6 nitrogen and oxygen atoms in total. The number of carboxylic acid groups (broad SMARTS) is 1. The second kappa shape index (κ2) is 10.5. The van der Waals surface area contributed by atoms with Crippen LogP contribution < -0.4 is 5.32 Å². The molecule has 0 unspecified atom stereocenters. The maximum Gasteiger partial charge on any atom is 0.323 e. The number of likely N-dealkylation sites (tertiary alicyclic amines) is 1. The molecule has 2 amide bonds. The number of rotatable bonds is 8. The number of hydrogen-bond donors (Lipinski definition) is 3. The van der Waals surface area contributed by atoms with Crippen molar-refractivity contribution < 1.29 is 19.5 Å². The van der Waals surface area contributed by atoms with Crippen molar-refractivity contribution in [3.8, 4) is 0 Å². The molecule has 0 bridgehead atoms. The lowest BCUT2D eigenvalue weighted by Gasteiger charge is -2.31. The van der Waals surface area contributed by atoms with Crippen LogP contribution >= 0.6 is 12.6 Å². The fourth-order valence-electron chi connectivity index (χ4n) is 3.69. The third-order valence-corrected chi connectivity index (χ3v) is 5.41. The number of carbonyl (C=O) groups excluding carboxylic acids is 2. The van der Waals surface area contributed by atoms with Crippen LogP contribution in [0.1, 0.15) is 45.1 Å². The first kappa shape index (κ1) is 22.3. The summed E-state index contributed by atoms with van der Waals surface area (Å²) in [4.78, 5) is 38.3. The summed E-state index contributed by atoms with van der Waals surface area (Å²) in [5.74, 6) is -1.29. The van der Waals surface area contributed by atoms with Gasteiger partial charge in [0.2, 0.25) is 11.8 Å². The van der Waals surface area contributed by atoms with Crippen LogP contribution in [0.5, 0.6) is 0 Å². The van der Waals surface area contributed by atoms with Crippen LogP contribution in [0.3, 0.4) is 0 Å². The van der Waals surface area contributed by atoms with Gasteiger partial charge in [-0.15, -0.1) is 0 Å². The standard InChI is InChI=1S/C21H30N2O4S/c1-14(2)11-16-9-6-10-17(21(27)23(16)13-19(24)25)22-20(26)18(28)12-15-7-4-3-5-8-15/h3-5,7-8,14,16-18,28H,6,9-13H2,1-2H3,(H,22,26)(H,24,25)/t16-,17+,18+/m1/s1. The van der Waals surface area contributed by atoms with Gasteiger partial charge in [-0.25, -0.2) is 0 Å². The van der Waals surface area contributed by atoms with E-state index >= 15 is 0 Å². The summed E-state index contributed by atoms with van der Waals surface area (Å²) >= 11 is 4.40. The Hall–Kier alpha value is -2.02. The number of amides is 2. The van der Waals surface area contributed by atoms with Crippen LogP contribution in [0.2, 0.25) is 0 Å². The molecule has 1 aromatic carbocycles. The minimum Gasteiger partial charge on any atom is -0.480 e. The fourth-order valence-corrected chi connectivity index (χ4v) is 3.98. The molecule has 1 aliphatic rings.